The van der Waals surface area contributed by atoms with Crippen LogP contribution in [0.1, 0.15) is 0 Å². The largest absolute Gasteiger partial charge is 0.416 e. The van der Waals surface area contributed by atoms with Crippen LogP contribution in [-0.4, -0.2) is 5.43 Å². The molecule has 0 aromatic carbocycles. The van der Waals surface area contributed by atoms with Gasteiger partial charge in [-0.3, -0.25) is 0 Å². The minimum atomic E-state index is -0.829. The van der Waals surface area contributed by atoms with Gasteiger partial charge < -0.3 is 4.18 Å². The summed E-state index contributed by atoms with van der Waals surface area (Å²) in [4.78, 5) is 9.68. The van der Waals surface area contributed by atoms with Gasteiger partial charge in [0.2, 0.25) is 0 Å². The van der Waals surface area contributed by atoms with E-state index in [-0.39, 0.29) is 0 Å². The minimum absolute atomic E-state index is 0.799. The second-order valence-electron chi connectivity index (χ2n) is 0.584. The summed E-state index contributed by atoms with van der Waals surface area (Å²) >= 11 is 5.53. The zero-order valence-corrected chi connectivity index (χ0v) is 4.96. The van der Waals surface area contributed by atoms with Gasteiger partial charge in [-0.2, -0.15) is 0 Å². The Labute approximate surface area is 50.7 Å². The summed E-state index contributed by atoms with van der Waals surface area (Å²) < 4.78 is 4.12. The van der Waals surface area contributed by atoms with E-state index >= 15 is 0 Å². The molecule has 0 aromatic rings. The number of hydrogen-bond donors (Lipinski definition) is 0. The fourth-order valence-electron chi connectivity index (χ4n) is 0.0718. The minimum Gasteiger partial charge on any atom is -0.375 e. The van der Waals surface area contributed by atoms with E-state index < -0.39 is 5.43 Å². The molecule has 0 saturated heterocycles. The third-order valence-corrected chi connectivity index (χ3v) is 0.734. The van der Waals surface area contributed by atoms with Gasteiger partial charge in [-0.15, -0.1) is 0 Å². The second kappa shape index (κ2) is 4.02. The van der Waals surface area contributed by atoms with Gasteiger partial charge in [0.1, 0.15) is 0 Å². The molecule has 0 saturated carbocycles. The summed E-state index contributed by atoms with van der Waals surface area (Å²) in [5, 5.41) is 1.36. The Morgan fingerprint density at radius 2 is 2.57 bits per heavy atom. The number of halogens is 1. The number of carbonyl (C=O) groups is 1. The highest BCUT2D eigenvalue weighted by atomic mass is 35.5. The molecular formula is C3H3ClO2S. The van der Waals surface area contributed by atoms with Gasteiger partial charge in [-0.05, 0) is 0 Å². The molecule has 0 aliphatic carbocycles. The molecular weight excluding hydrogens is 136 g/mol. The molecule has 0 spiro atoms. The fraction of sp³-hybridized carbons (Fsp3) is 0. The lowest BCUT2D eigenvalue weighted by Crippen LogP contribution is -1.77. The summed E-state index contributed by atoms with van der Waals surface area (Å²) in [7, 11) is 0. The predicted octanol–water partition coefficient (Wildman–Crippen LogP) is 2.15. The highest BCUT2D eigenvalue weighted by Crippen LogP contribution is 2.04. The Bertz CT molecular complexity index is 83.0. The molecule has 0 atom stereocenters. The maximum atomic E-state index is 9.68. The Hall–Kier alpha value is -0.150. The molecule has 0 aromatic heterocycles. The first-order valence-electron chi connectivity index (χ1n) is 1.41. The average molecular weight is 139 g/mol. The van der Waals surface area contributed by atoms with Crippen molar-refractivity contribution in [3.8, 4) is 0 Å². The van der Waals surface area contributed by atoms with Crippen molar-refractivity contribution in [2.75, 3.05) is 0 Å². The molecule has 0 amide bonds. The standard InChI is InChI=1S/C3H3ClO2S/c1-2-7-6-3(4)5/h2H,1H2. The smallest absolute Gasteiger partial charge is 0.375 e. The van der Waals surface area contributed by atoms with Crippen molar-refractivity contribution in [1.82, 2.24) is 0 Å². The van der Waals surface area contributed by atoms with Crippen LogP contribution < -0.4 is 0 Å². The van der Waals surface area contributed by atoms with E-state index in [1.807, 2.05) is 0 Å². The lowest BCUT2D eigenvalue weighted by atomic mass is 11.3. The van der Waals surface area contributed by atoms with Crippen LogP contribution in [-0.2, 0) is 4.18 Å². The number of rotatable bonds is 2. The lowest BCUT2D eigenvalue weighted by Gasteiger charge is -1.85. The summed E-state index contributed by atoms with van der Waals surface area (Å²) in [5.41, 5.74) is -0.829. The van der Waals surface area contributed by atoms with Gasteiger partial charge in [0.25, 0.3) is 0 Å². The molecule has 0 rings (SSSR count). The van der Waals surface area contributed by atoms with E-state index in [4.69, 9.17) is 11.6 Å². The monoisotopic (exact) mass is 138 g/mol. The van der Waals surface area contributed by atoms with E-state index in [0.717, 1.165) is 12.0 Å². The van der Waals surface area contributed by atoms with Crippen molar-refractivity contribution in [2.45, 2.75) is 0 Å². The number of carbonyl (C=O) groups excluding carboxylic acids is 1. The van der Waals surface area contributed by atoms with Gasteiger partial charge >= 0.3 is 5.43 Å². The van der Waals surface area contributed by atoms with Gasteiger partial charge in [0.05, 0.1) is 12.0 Å². The van der Waals surface area contributed by atoms with E-state index in [1.54, 1.807) is 0 Å². The molecule has 0 aliphatic rings. The molecule has 7 heavy (non-hydrogen) atoms. The maximum absolute atomic E-state index is 9.68. The van der Waals surface area contributed by atoms with E-state index in [2.05, 4.69) is 10.8 Å². The van der Waals surface area contributed by atoms with Crippen LogP contribution in [0.4, 0.5) is 4.79 Å². The Kier molecular flexibility index (Phi) is 3.93. The second-order valence-corrected chi connectivity index (χ2v) is 1.58. The molecule has 0 unspecified atom stereocenters. The van der Waals surface area contributed by atoms with Crippen molar-refractivity contribution >= 4 is 29.1 Å². The molecule has 0 heterocycles. The molecule has 0 fully saturated rings. The van der Waals surface area contributed by atoms with Gasteiger partial charge in [0, 0.05) is 17.0 Å². The summed E-state index contributed by atoms with van der Waals surface area (Å²) in [6.45, 7) is 3.26. The van der Waals surface area contributed by atoms with Crippen molar-refractivity contribution in [2.24, 2.45) is 0 Å². The van der Waals surface area contributed by atoms with E-state index in [0.29, 0.717) is 0 Å². The normalized spacial score (nSPS) is 7.57. The average Bonchev–Trinajstić information content (AvgIpc) is 1.61. The van der Waals surface area contributed by atoms with Crippen LogP contribution in [0.25, 0.3) is 0 Å². The van der Waals surface area contributed by atoms with Gasteiger partial charge in [-0.1, -0.05) is 6.58 Å². The highest BCUT2D eigenvalue weighted by Gasteiger charge is 1.89. The molecule has 0 bridgehead atoms. The molecule has 0 radical (unpaired) electrons. The van der Waals surface area contributed by atoms with Crippen molar-refractivity contribution in [3.63, 3.8) is 0 Å². The Morgan fingerprint density at radius 3 is 2.71 bits per heavy atom. The summed E-state index contributed by atoms with van der Waals surface area (Å²) in [5.74, 6) is 0. The van der Waals surface area contributed by atoms with Crippen molar-refractivity contribution < 1.29 is 8.98 Å². The molecule has 0 N–H and O–H groups in total. The molecule has 0 aliphatic heterocycles. The van der Waals surface area contributed by atoms with Gasteiger partial charge in [-0.25, -0.2) is 4.79 Å². The van der Waals surface area contributed by atoms with Crippen molar-refractivity contribution in [3.05, 3.63) is 12.0 Å². The lowest BCUT2D eigenvalue weighted by molar-refractivity contribution is 0.233. The van der Waals surface area contributed by atoms with E-state index in [9.17, 15) is 4.79 Å². The van der Waals surface area contributed by atoms with Crippen LogP contribution in [0.2, 0.25) is 0 Å². The van der Waals surface area contributed by atoms with Crippen LogP contribution in [0.15, 0.2) is 12.0 Å². The molecule has 4 heteroatoms. The molecule has 40 valence electrons. The van der Waals surface area contributed by atoms with Crippen LogP contribution >= 0.6 is 23.6 Å². The molecule has 2 nitrogen and oxygen atoms in total. The van der Waals surface area contributed by atoms with Crippen molar-refractivity contribution in [1.29, 1.82) is 0 Å². The van der Waals surface area contributed by atoms with E-state index in [1.165, 1.54) is 5.41 Å². The van der Waals surface area contributed by atoms with Crippen LogP contribution in [0.5, 0.6) is 0 Å². The first-order chi connectivity index (χ1) is 3.27. The maximum Gasteiger partial charge on any atom is 0.416 e. The Balaban J connectivity index is 2.97. The first kappa shape index (κ1) is 6.85. The zero-order chi connectivity index (χ0) is 5.70. The predicted molar refractivity (Wildman–Crippen MR) is 30.1 cm³/mol. The topological polar surface area (TPSA) is 26.3 Å². The third kappa shape index (κ3) is 5.85. The highest BCUT2D eigenvalue weighted by molar-refractivity contribution is 7.98. The summed E-state index contributed by atoms with van der Waals surface area (Å²) in [6.07, 6.45) is 0. The summed E-state index contributed by atoms with van der Waals surface area (Å²) in [6, 6.07) is 0. The zero-order valence-electron chi connectivity index (χ0n) is 3.39. The SMILES string of the molecule is C=CSOC(=O)Cl. The Morgan fingerprint density at radius 1 is 2.00 bits per heavy atom. The fourth-order valence-corrected chi connectivity index (χ4v) is 0.325. The van der Waals surface area contributed by atoms with Crippen LogP contribution in [0.3, 0.4) is 0 Å². The quantitative estimate of drug-likeness (QED) is 0.432. The van der Waals surface area contributed by atoms with Gasteiger partial charge in [0.15, 0.2) is 0 Å². The number of hydrogen-bond acceptors (Lipinski definition) is 3. The van der Waals surface area contributed by atoms with Crippen LogP contribution in [0, 0.1) is 0 Å². The first-order valence-corrected chi connectivity index (χ1v) is 2.59. The third-order valence-electron chi connectivity index (χ3n) is 0.182.